The molecule has 0 radical (unpaired) electrons. The molecule has 100 valence electrons. The molecule has 1 aliphatic rings. The highest BCUT2D eigenvalue weighted by atomic mass is 16.5. The summed E-state index contributed by atoms with van der Waals surface area (Å²) >= 11 is 0. The third kappa shape index (κ3) is 2.52. The lowest BCUT2D eigenvalue weighted by molar-refractivity contribution is 0.0401. The monoisotopic (exact) mass is 249 g/mol. The topological polar surface area (TPSA) is 44.5 Å². The van der Waals surface area contributed by atoms with E-state index in [2.05, 4.69) is 32.9 Å². The second-order valence-corrected chi connectivity index (χ2v) is 5.28. The van der Waals surface area contributed by atoms with Crippen LogP contribution in [0.5, 0.6) is 5.75 Å². The molecule has 3 nitrogen and oxygen atoms in total. The normalized spacial score (nSPS) is 25.2. The Morgan fingerprint density at radius 2 is 1.89 bits per heavy atom. The smallest absolute Gasteiger partial charge is 0.124 e. The molecule has 0 saturated carbocycles. The number of methoxy groups -OCH3 is 1. The molecule has 1 saturated heterocycles. The van der Waals surface area contributed by atoms with Gasteiger partial charge < -0.3 is 15.2 Å². The zero-order chi connectivity index (χ0) is 13.3. The fraction of sp³-hybridized carbons (Fsp3) is 0.600. The summed E-state index contributed by atoms with van der Waals surface area (Å²) in [5, 5.41) is 0. The van der Waals surface area contributed by atoms with Crippen LogP contribution in [-0.2, 0) is 4.74 Å². The van der Waals surface area contributed by atoms with Gasteiger partial charge in [-0.15, -0.1) is 0 Å². The lowest BCUT2D eigenvalue weighted by Crippen LogP contribution is -2.26. The molecule has 0 spiro atoms. The van der Waals surface area contributed by atoms with Gasteiger partial charge in [-0.2, -0.15) is 0 Å². The average Bonchev–Trinajstić information content (AvgIpc) is 2.74. The second-order valence-electron chi connectivity index (χ2n) is 5.28. The Morgan fingerprint density at radius 1 is 1.28 bits per heavy atom. The number of rotatable bonds is 3. The maximum atomic E-state index is 6.33. The lowest BCUT2D eigenvalue weighted by Gasteiger charge is -2.21. The maximum Gasteiger partial charge on any atom is 0.124 e. The van der Waals surface area contributed by atoms with E-state index in [0.717, 1.165) is 35.3 Å². The summed E-state index contributed by atoms with van der Waals surface area (Å²) in [5.41, 5.74) is 9.74. The van der Waals surface area contributed by atoms with Crippen molar-refractivity contribution in [2.24, 2.45) is 5.73 Å². The van der Waals surface area contributed by atoms with Gasteiger partial charge in [0.2, 0.25) is 0 Å². The number of hydrogen-bond donors (Lipinski definition) is 1. The van der Waals surface area contributed by atoms with E-state index in [0.29, 0.717) is 6.10 Å². The molecule has 0 bridgehead atoms. The predicted molar refractivity (Wildman–Crippen MR) is 73.0 cm³/mol. The maximum absolute atomic E-state index is 6.33. The first-order valence-electron chi connectivity index (χ1n) is 6.59. The molecule has 1 aliphatic heterocycles. The molecular formula is C15H23NO2. The Bertz CT molecular complexity index is 407. The van der Waals surface area contributed by atoms with Crippen molar-refractivity contribution < 1.29 is 9.47 Å². The Balaban J connectivity index is 2.23. The summed E-state index contributed by atoms with van der Waals surface area (Å²) in [4.78, 5) is 0. The predicted octanol–water partition coefficient (Wildman–Crippen LogP) is 2.88. The quantitative estimate of drug-likeness (QED) is 0.896. The zero-order valence-corrected chi connectivity index (χ0v) is 11.7. The summed E-state index contributed by atoms with van der Waals surface area (Å²) in [6.45, 7) is 6.22. The van der Waals surface area contributed by atoms with Crippen molar-refractivity contribution in [2.45, 2.75) is 51.9 Å². The van der Waals surface area contributed by atoms with Gasteiger partial charge in [0.1, 0.15) is 5.75 Å². The summed E-state index contributed by atoms with van der Waals surface area (Å²) in [7, 11) is 1.71. The van der Waals surface area contributed by atoms with Gasteiger partial charge in [0.05, 0.1) is 25.4 Å². The van der Waals surface area contributed by atoms with Crippen LogP contribution in [0.4, 0.5) is 0 Å². The van der Waals surface area contributed by atoms with Crippen LogP contribution in [0.3, 0.4) is 0 Å². The molecular weight excluding hydrogens is 226 g/mol. The Hall–Kier alpha value is -1.06. The van der Waals surface area contributed by atoms with E-state index < -0.39 is 0 Å². The van der Waals surface area contributed by atoms with Crippen molar-refractivity contribution in [1.82, 2.24) is 0 Å². The van der Waals surface area contributed by atoms with Gasteiger partial charge in [0, 0.05) is 0 Å². The summed E-state index contributed by atoms with van der Waals surface area (Å²) in [6.07, 6.45) is 2.63. The molecule has 3 atom stereocenters. The zero-order valence-electron chi connectivity index (χ0n) is 11.7. The first-order chi connectivity index (χ1) is 8.52. The third-order valence-corrected chi connectivity index (χ3v) is 3.74. The third-order valence-electron chi connectivity index (χ3n) is 3.74. The lowest BCUT2D eigenvalue weighted by atomic mass is 9.96. The van der Waals surface area contributed by atoms with Crippen LogP contribution in [0.25, 0.3) is 0 Å². The van der Waals surface area contributed by atoms with E-state index in [4.69, 9.17) is 15.2 Å². The number of ether oxygens (including phenoxy) is 2. The van der Waals surface area contributed by atoms with Gasteiger partial charge in [0.25, 0.3) is 0 Å². The molecule has 2 rings (SSSR count). The van der Waals surface area contributed by atoms with Crippen molar-refractivity contribution in [2.75, 3.05) is 7.11 Å². The minimum atomic E-state index is -0.0433. The molecule has 0 amide bonds. The fourth-order valence-corrected chi connectivity index (χ4v) is 2.81. The van der Waals surface area contributed by atoms with Crippen LogP contribution >= 0.6 is 0 Å². The molecule has 18 heavy (non-hydrogen) atoms. The van der Waals surface area contributed by atoms with E-state index in [1.165, 1.54) is 0 Å². The Morgan fingerprint density at radius 3 is 2.33 bits per heavy atom. The minimum absolute atomic E-state index is 0.0433. The number of benzene rings is 1. The molecule has 0 aliphatic carbocycles. The van der Waals surface area contributed by atoms with E-state index in [1.54, 1.807) is 7.11 Å². The minimum Gasteiger partial charge on any atom is -0.496 e. The fourth-order valence-electron chi connectivity index (χ4n) is 2.81. The largest absolute Gasteiger partial charge is 0.496 e. The average molecular weight is 249 g/mol. The van der Waals surface area contributed by atoms with Crippen molar-refractivity contribution >= 4 is 0 Å². The molecule has 1 aromatic carbocycles. The van der Waals surface area contributed by atoms with Gasteiger partial charge in [0.15, 0.2) is 0 Å². The van der Waals surface area contributed by atoms with E-state index in [9.17, 15) is 0 Å². The summed E-state index contributed by atoms with van der Waals surface area (Å²) in [5.74, 6) is 0.951. The van der Waals surface area contributed by atoms with Gasteiger partial charge in [-0.25, -0.2) is 0 Å². The van der Waals surface area contributed by atoms with E-state index in [1.807, 2.05) is 0 Å². The van der Waals surface area contributed by atoms with Gasteiger partial charge in [-0.3, -0.25) is 0 Å². The molecule has 1 fully saturated rings. The molecule has 1 heterocycles. The number of aryl methyl sites for hydroxylation is 2. The van der Waals surface area contributed by atoms with Crippen molar-refractivity contribution in [1.29, 1.82) is 0 Å². The Labute approximate surface area is 109 Å². The van der Waals surface area contributed by atoms with Crippen molar-refractivity contribution in [3.63, 3.8) is 0 Å². The first-order valence-corrected chi connectivity index (χ1v) is 6.59. The molecule has 3 unspecified atom stereocenters. The summed E-state index contributed by atoms with van der Waals surface area (Å²) in [6, 6.07) is 4.18. The van der Waals surface area contributed by atoms with Crippen LogP contribution in [0.2, 0.25) is 0 Å². The molecule has 0 aromatic heterocycles. The van der Waals surface area contributed by atoms with Crippen molar-refractivity contribution in [3.8, 4) is 5.75 Å². The van der Waals surface area contributed by atoms with Crippen LogP contribution < -0.4 is 10.5 Å². The standard InChI is InChI=1S/C15H23NO2/c1-9-7-12(8-10(2)15(9)17-4)14(16)13-6-5-11(3)18-13/h7-8,11,13-14H,5-6,16H2,1-4H3. The van der Waals surface area contributed by atoms with Gasteiger partial charge >= 0.3 is 0 Å². The van der Waals surface area contributed by atoms with Crippen LogP contribution in [0.15, 0.2) is 12.1 Å². The molecule has 1 aromatic rings. The van der Waals surface area contributed by atoms with Crippen LogP contribution in [-0.4, -0.2) is 19.3 Å². The second kappa shape index (κ2) is 5.29. The van der Waals surface area contributed by atoms with Crippen LogP contribution in [0.1, 0.15) is 42.5 Å². The SMILES string of the molecule is COc1c(C)cc(C(N)C2CCC(C)O2)cc1C. The highest BCUT2D eigenvalue weighted by Crippen LogP contribution is 2.32. The number of hydrogen-bond acceptors (Lipinski definition) is 3. The van der Waals surface area contributed by atoms with E-state index in [-0.39, 0.29) is 12.1 Å². The highest BCUT2D eigenvalue weighted by Gasteiger charge is 2.28. The van der Waals surface area contributed by atoms with Gasteiger partial charge in [-0.05, 0) is 50.3 Å². The van der Waals surface area contributed by atoms with Gasteiger partial charge in [-0.1, -0.05) is 12.1 Å². The molecule has 2 N–H and O–H groups in total. The molecule has 3 heteroatoms. The first kappa shape index (κ1) is 13.4. The number of nitrogens with two attached hydrogens (primary N) is 1. The van der Waals surface area contributed by atoms with Crippen LogP contribution in [0, 0.1) is 13.8 Å². The highest BCUT2D eigenvalue weighted by molar-refractivity contribution is 5.44. The van der Waals surface area contributed by atoms with E-state index >= 15 is 0 Å². The Kier molecular flexibility index (Phi) is 3.93. The summed E-state index contributed by atoms with van der Waals surface area (Å²) < 4.78 is 11.2. The van der Waals surface area contributed by atoms with Crippen molar-refractivity contribution in [3.05, 3.63) is 28.8 Å².